The Kier molecular flexibility index (Phi) is 6.59. The zero-order chi connectivity index (χ0) is 22.7. The zero-order valence-electron chi connectivity index (χ0n) is 18.2. The number of benzene rings is 1. The average molecular weight is 459 g/mol. The Bertz CT molecular complexity index is 1150. The van der Waals surface area contributed by atoms with E-state index in [9.17, 15) is 13.2 Å². The van der Waals surface area contributed by atoms with Crippen LogP contribution >= 0.6 is 0 Å². The number of methoxy groups -OCH3 is 1. The van der Waals surface area contributed by atoms with E-state index >= 15 is 0 Å². The molecule has 0 unspecified atom stereocenters. The summed E-state index contributed by atoms with van der Waals surface area (Å²) in [6, 6.07) is 9.31. The maximum absolute atomic E-state index is 12.2. The molecule has 0 saturated carbocycles. The summed E-state index contributed by atoms with van der Waals surface area (Å²) >= 11 is 0. The predicted molar refractivity (Wildman–Crippen MR) is 118 cm³/mol. The van der Waals surface area contributed by atoms with E-state index < -0.39 is 10.4 Å². The highest BCUT2D eigenvalue weighted by atomic mass is 32.3. The van der Waals surface area contributed by atoms with Crippen LogP contribution in [0.5, 0.6) is 5.75 Å². The number of aromatic nitrogens is 1. The molecule has 0 N–H and O–H groups in total. The van der Waals surface area contributed by atoms with Crippen molar-refractivity contribution in [3.63, 3.8) is 0 Å². The summed E-state index contributed by atoms with van der Waals surface area (Å²) in [5.41, 5.74) is 6.44. The van der Waals surface area contributed by atoms with Gasteiger partial charge in [0.05, 0.1) is 12.8 Å². The van der Waals surface area contributed by atoms with Gasteiger partial charge in [-0.1, -0.05) is 17.7 Å². The molecule has 0 atom stereocenters. The molecular weight excluding hydrogens is 432 g/mol. The maximum atomic E-state index is 12.2. The third kappa shape index (κ3) is 4.69. The molecule has 170 valence electrons. The molecule has 1 amide bonds. The SMILES string of the molecule is COCC(=O)N1CCC(=C2c3ccc(OS(=O)(=O)OC)cc3CCc3cccnc32)CC1. The number of carbonyl (C=O) groups excluding carboxylic acids is 1. The van der Waals surface area contributed by atoms with Crippen LogP contribution in [0.2, 0.25) is 0 Å². The largest absolute Gasteiger partial charge is 0.448 e. The number of amides is 1. The number of rotatable bonds is 5. The first kappa shape index (κ1) is 22.4. The summed E-state index contributed by atoms with van der Waals surface area (Å²) in [5.74, 6) is 0.214. The van der Waals surface area contributed by atoms with Gasteiger partial charge in [0, 0.05) is 32.0 Å². The number of ether oxygens (including phenoxy) is 1. The second kappa shape index (κ2) is 9.40. The van der Waals surface area contributed by atoms with Crippen LogP contribution < -0.4 is 4.18 Å². The second-order valence-corrected chi connectivity index (χ2v) is 9.10. The minimum absolute atomic E-state index is 0.00233. The number of hydrogen-bond donors (Lipinski definition) is 0. The van der Waals surface area contributed by atoms with Gasteiger partial charge >= 0.3 is 10.4 Å². The van der Waals surface area contributed by atoms with Crippen LogP contribution in [0.3, 0.4) is 0 Å². The van der Waals surface area contributed by atoms with E-state index in [1.807, 2.05) is 17.0 Å². The topological polar surface area (TPSA) is 95.0 Å². The van der Waals surface area contributed by atoms with Crippen molar-refractivity contribution < 1.29 is 26.3 Å². The van der Waals surface area contributed by atoms with Gasteiger partial charge in [0.2, 0.25) is 5.91 Å². The van der Waals surface area contributed by atoms with Crippen molar-refractivity contribution >= 4 is 21.9 Å². The molecule has 1 aromatic carbocycles. The summed E-state index contributed by atoms with van der Waals surface area (Å²) in [6.07, 6.45) is 4.80. The van der Waals surface area contributed by atoms with Crippen LogP contribution in [-0.2, 0) is 37.0 Å². The van der Waals surface area contributed by atoms with Gasteiger partial charge in [-0.3, -0.25) is 9.78 Å². The van der Waals surface area contributed by atoms with Gasteiger partial charge in [-0.05, 0) is 60.6 Å². The Morgan fingerprint density at radius 3 is 2.53 bits per heavy atom. The summed E-state index contributed by atoms with van der Waals surface area (Å²) < 4.78 is 37.9. The quantitative estimate of drug-likeness (QED) is 0.679. The molecule has 8 nitrogen and oxygen atoms in total. The standard InChI is InChI=1S/C23H26N2O6S/c1-29-15-21(26)25-12-9-16(10-13-25)22-20-8-7-19(31-32(27,28)30-2)14-18(20)6-5-17-4-3-11-24-23(17)22/h3-4,7-8,11,14H,5-6,9-10,12-13,15H2,1-2H3. The van der Waals surface area contributed by atoms with Crippen LogP contribution in [0.1, 0.15) is 35.2 Å². The molecule has 2 aliphatic rings. The van der Waals surface area contributed by atoms with Gasteiger partial charge in [-0.15, -0.1) is 0 Å². The van der Waals surface area contributed by atoms with Gasteiger partial charge in [0.25, 0.3) is 0 Å². The third-order valence-corrected chi connectivity index (χ3v) is 6.69. The van der Waals surface area contributed by atoms with Crippen molar-refractivity contribution in [2.45, 2.75) is 25.7 Å². The highest BCUT2D eigenvalue weighted by Crippen LogP contribution is 2.39. The molecule has 9 heteroatoms. The summed E-state index contributed by atoms with van der Waals surface area (Å²) in [5, 5.41) is 0. The Hall–Kier alpha value is -2.75. The van der Waals surface area contributed by atoms with E-state index in [1.165, 1.54) is 12.7 Å². The highest BCUT2D eigenvalue weighted by Gasteiger charge is 2.27. The molecule has 0 radical (unpaired) electrons. The first-order chi connectivity index (χ1) is 15.4. The van der Waals surface area contributed by atoms with Gasteiger partial charge in [-0.25, -0.2) is 4.18 Å². The molecule has 1 aromatic heterocycles. The fraction of sp³-hybridized carbons (Fsp3) is 0.391. The first-order valence-electron chi connectivity index (χ1n) is 10.5. The fourth-order valence-electron chi connectivity index (χ4n) is 4.34. The number of nitrogens with zero attached hydrogens (tertiary/aromatic N) is 2. The van der Waals surface area contributed by atoms with Crippen molar-refractivity contribution in [1.29, 1.82) is 0 Å². The lowest BCUT2D eigenvalue weighted by molar-refractivity contribution is -0.135. The lowest BCUT2D eigenvalue weighted by Crippen LogP contribution is -2.38. The minimum Gasteiger partial charge on any atom is -0.375 e. The van der Waals surface area contributed by atoms with E-state index in [4.69, 9.17) is 13.9 Å². The van der Waals surface area contributed by atoms with E-state index in [1.54, 1.807) is 18.3 Å². The summed E-state index contributed by atoms with van der Waals surface area (Å²) in [6.45, 7) is 1.35. The molecule has 1 aliphatic carbocycles. The number of likely N-dealkylation sites (tertiary alicyclic amines) is 1. The molecule has 32 heavy (non-hydrogen) atoms. The van der Waals surface area contributed by atoms with Gasteiger partial charge in [0.15, 0.2) is 0 Å². The summed E-state index contributed by atoms with van der Waals surface area (Å²) in [7, 11) is -1.50. The number of fused-ring (bicyclic) bond motifs is 2. The van der Waals surface area contributed by atoms with E-state index in [0.717, 1.165) is 60.8 Å². The van der Waals surface area contributed by atoms with Crippen LogP contribution in [-0.4, -0.2) is 58.1 Å². The van der Waals surface area contributed by atoms with E-state index in [2.05, 4.69) is 10.2 Å². The minimum atomic E-state index is -4.09. The lowest BCUT2D eigenvalue weighted by Gasteiger charge is -2.30. The monoisotopic (exact) mass is 458 g/mol. The maximum Gasteiger partial charge on any atom is 0.448 e. The molecular formula is C23H26N2O6S. The Morgan fingerprint density at radius 1 is 1.06 bits per heavy atom. The Balaban J connectivity index is 1.74. The van der Waals surface area contributed by atoms with E-state index in [0.29, 0.717) is 13.1 Å². The van der Waals surface area contributed by atoms with Crippen molar-refractivity contribution in [3.8, 4) is 5.75 Å². The van der Waals surface area contributed by atoms with Crippen molar-refractivity contribution in [3.05, 3.63) is 64.5 Å². The van der Waals surface area contributed by atoms with Crippen LogP contribution in [0.4, 0.5) is 0 Å². The average Bonchev–Trinajstić information content (AvgIpc) is 2.96. The smallest absolute Gasteiger partial charge is 0.375 e. The molecule has 0 bridgehead atoms. The lowest BCUT2D eigenvalue weighted by atomic mass is 9.88. The third-order valence-electron chi connectivity index (χ3n) is 5.88. The molecule has 2 aromatic rings. The molecule has 2 heterocycles. The van der Waals surface area contributed by atoms with Gasteiger partial charge < -0.3 is 13.8 Å². The second-order valence-electron chi connectivity index (χ2n) is 7.78. The predicted octanol–water partition coefficient (Wildman–Crippen LogP) is 2.52. The van der Waals surface area contributed by atoms with Crippen LogP contribution in [0.25, 0.3) is 5.57 Å². The number of hydrogen-bond acceptors (Lipinski definition) is 7. The number of piperidine rings is 1. The molecule has 4 rings (SSSR count). The Morgan fingerprint density at radius 2 is 1.81 bits per heavy atom. The van der Waals surface area contributed by atoms with E-state index in [-0.39, 0.29) is 18.3 Å². The highest BCUT2D eigenvalue weighted by molar-refractivity contribution is 7.82. The normalized spacial score (nSPS) is 16.2. The number of pyridine rings is 1. The molecule has 1 aliphatic heterocycles. The first-order valence-corrected chi connectivity index (χ1v) is 11.8. The van der Waals surface area contributed by atoms with Crippen molar-refractivity contribution in [2.75, 3.05) is 33.9 Å². The Labute approximate surface area is 188 Å². The number of carbonyl (C=O) groups is 1. The van der Waals surface area contributed by atoms with Gasteiger partial charge in [0.1, 0.15) is 12.4 Å². The van der Waals surface area contributed by atoms with Crippen LogP contribution in [0, 0.1) is 0 Å². The molecule has 1 saturated heterocycles. The number of aryl methyl sites for hydroxylation is 2. The summed E-state index contributed by atoms with van der Waals surface area (Å²) in [4.78, 5) is 18.7. The zero-order valence-corrected chi connectivity index (χ0v) is 19.0. The van der Waals surface area contributed by atoms with Crippen molar-refractivity contribution in [1.82, 2.24) is 9.88 Å². The van der Waals surface area contributed by atoms with Crippen LogP contribution in [0.15, 0.2) is 42.1 Å². The van der Waals surface area contributed by atoms with Crippen molar-refractivity contribution in [2.24, 2.45) is 0 Å². The fourth-order valence-corrected chi connectivity index (χ4v) is 4.74. The molecule has 1 fully saturated rings. The molecule has 0 spiro atoms. The van der Waals surface area contributed by atoms with Gasteiger partial charge in [-0.2, -0.15) is 8.42 Å².